The Hall–Kier alpha value is -2.97. The van der Waals surface area contributed by atoms with Gasteiger partial charge in [0.1, 0.15) is 5.01 Å². The van der Waals surface area contributed by atoms with Crippen LogP contribution in [0.1, 0.15) is 44.7 Å². The zero-order chi connectivity index (χ0) is 22.5. The number of nitrogens with one attached hydrogen (secondary N) is 2. The van der Waals surface area contributed by atoms with Crippen LogP contribution in [0.15, 0.2) is 48.5 Å². The molecule has 1 saturated heterocycles. The first kappa shape index (κ1) is 22.2. The Labute approximate surface area is 195 Å². The molecule has 1 aromatic heterocycles. The first-order chi connectivity index (χ1) is 15.5. The van der Waals surface area contributed by atoms with E-state index in [-0.39, 0.29) is 17.9 Å². The summed E-state index contributed by atoms with van der Waals surface area (Å²) in [5, 5.41) is 15.7. The molecule has 166 valence electrons. The summed E-state index contributed by atoms with van der Waals surface area (Å²) in [5.74, 6) is -0.251. The van der Waals surface area contributed by atoms with Crippen molar-refractivity contribution in [2.24, 2.45) is 0 Å². The lowest BCUT2D eigenvalue weighted by molar-refractivity contribution is 0.102. The number of hydrogen-bond acceptors (Lipinski definition) is 5. The Bertz CT molecular complexity index is 1100. The van der Waals surface area contributed by atoms with E-state index in [0.717, 1.165) is 23.4 Å². The van der Waals surface area contributed by atoms with Crippen LogP contribution in [-0.2, 0) is 6.54 Å². The largest absolute Gasteiger partial charge is 0.334 e. The normalized spacial score (nSPS) is 15.9. The third-order valence-electron chi connectivity index (χ3n) is 5.34. The van der Waals surface area contributed by atoms with Gasteiger partial charge >= 0.3 is 6.03 Å². The minimum atomic E-state index is -0.320. The van der Waals surface area contributed by atoms with Crippen molar-refractivity contribution in [3.05, 3.63) is 74.7 Å². The van der Waals surface area contributed by atoms with Gasteiger partial charge in [0.2, 0.25) is 5.01 Å². The van der Waals surface area contributed by atoms with E-state index >= 15 is 0 Å². The zero-order valence-electron chi connectivity index (χ0n) is 17.7. The van der Waals surface area contributed by atoms with Crippen LogP contribution in [0, 0.1) is 6.92 Å². The van der Waals surface area contributed by atoms with Gasteiger partial charge in [0.25, 0.3) is 5.91 Å². The number of halogens is 1. The quantitative estimate of drug-likeness (QED) is 0.559. The van der Waals surface area contributed by atoms with E-state index in [2.05, 4.69) is 20.8 Å². The number of aromatic nitrogens is 2. The standard InChI is InChI=1S/C23H24ClN5O2S/c1-15-7-9-16(10-8-15)13-25-23(31)29-11-3-4-17(14-29)21-27-28-22(32-21)20(30)26-19-6-2-5-18(24)12-19/h2,5-10,12,17H,3-4,11,13-14H2,1H3,(H,25,31)(H,26,30)/t17-/m1/s1. The molecule has 1 aliphatic heterocycles. The van der Waals surface area contributed by atoms with E-state index in [1.807, 2.05) is 36.1 Å². The van der Waals surface area contributed by atoms with Gasteiger partial charge in [0, 0.05) is 36.3 Å². The number of anilines is 1. The molecule has 1 fully saturated rings. The Morgan fingerprint density at radius 3 is 2.78 bits per heavy atom. The van der Waals surface area contributed by atoms with Gasteiger partial charge in [-0.25, -0.2) is 4.79 Å². The van der Waals surface area contributed by atoms with Gasteiger partial charge in [-0.2, -0.15) is 0 Å². The number of hydrogen-bond donors (Lipinski definition) is 2. The molecule has 0 bridgehead atoms. The van der Waals surface area contributed by atoms with E-state index in [1.165, 1.54) is 16.9 Å². The maximum atomic E-state index is 12.7. The number of piperidine rings is 1. The Morgan fingerprint density at radius 2 is 2.00 bits per heavy atom. The summed E-state index contributed by atoms with van der Waals surface area (Å²) in [7, 11) is 0. The van der Waals surface area contributed by atoms with Gasteiger partial charge in [-0.15, -0.1) is 10.2 Å². The van der Waals surface area contributed by atoms with Crippen LogP contribution in [0.5, 0.6) is 0 Å². The van der Waals surface area contributed by atoms with Crippen molar-refractivity contribution < 1.29 is 9.59 Å². The number of amides is 3. The monoisotopic (exact) mass is 469 g/mol. The zero-order valence-corrected chi connectivity index (χ0v) is 19.2. The van der Waals surface area contributed by atoms with E-state index < -0.39 is 0 Å². The predicted octanol–water partition coefficient (Wildman–Crippen LogP) is 4.84. The highest BCUT2D eigenvalue weighted by Gasteiger charge is 2.28. The molecule has 0 radical (unpaired) electrons. The molecule has 3 aromatic rings. The minimum absolute atomic E-state index is 0.0686. The minimum Gasteiger partial charge on any atom is -0.334 e. The molecule has 9 heteroatoms. The van der Waals surface area contributed by atoms with Crippen molar-refractivity contribution in [1.29, 1.82) is 0 Å². The Balaban J connectivity index is 1.34. The fourth-order valence-electron chi connectivity index (χ4n) is 3.60. The molecule has 4 rings (SSSR count). The molecule has 2 N–H and O–H groups in total. The fraction of sp³-hybridized carbons (Fsp3) is 0.304. The van der Waals surface area contributed by atoms with Crippen LogP contribution in [0.4, 0.5) is 10.5 Å². The summed E-state index contributed by atoms with van der Waals surface area (Å²) >= 11 is 7.24. The summed E-state index contributed by atoms with van der Waals surface area (Å²) in [4.78, 5) is 27.0. The van der Waals surface area contributed by atoms with Crippen LogP contribution in [0.3, 0.4) is 0 Å². The number of aryl methyl sites for hydroxylation is 1. The van der Waals surface area contributed by atoms with Gasteiger partial charge in [-0.3, -0.25) is 4.79 Å². The second kappa shape index (κ2) is 10.1. The summed E-state index contributed by atoms with van der Waals surface area (Å²) in [5.41, 5.74) is 2.86. The molecule has 0 saturated carbocycles. The molecule has 7 nitrogen and oxygen atoms in total. The number of carbonyl (C=O) groups is 2. The van der Waals surface area contributed by atoms with E-state index in [1.54, 1.807) is 24.3 Å². The second-order valence-corrected chi connectivity index (χ2v) is 9.28. The molecule has 1 atom stereocenters. The van der Waals surface area contributed by atoms with E-state index in [0.29, 0.717) is 35.4 Å². The molecule has 1 aliphatic rings. The highest BCUT2D eigenvalue weighted by Crippen LogP contribution is 2.29. The third-order valence-corrected chi connectivity index (χ3v) is 6.66. The molecule has 0 spiro atoms. The van der Waals surface area contributed by atoms with Crippen LogP contribution in [-0.4, -0.2) is 40.1 Å². The fourth-order valence-corrected chi connectivity index (χ4v) is 4.66. The van der Waals surface area contributed by atoms with Crippen molar-refractivity contribution in [1.82, 2.24) is 20.4 Å². The van der Waals surface area contributed by atoms with Crippen molar-refractivity contribution in [2.75, 3.05) is 18.4 Å². The highest BCUT2D eigenvalue weighted by atomic mass is 35.5. The van der Waals surface area contributed by atoms with Crippen molar-refractivity contribution in [2.45, 2.75) is 32.2 Å². The maximum Gasteiger partial charge on any atom is 0.317 e. The third kappa shape index (κ3) is 5.63. The van der Waals surface area contributed by atoms with E-state index in [4.69, 9.17) is 11.6 Å². The van der Waals surface area contributed by atoms with Crippen LogP contribution < -0.4 is 10.6 Å². The lowest BCUT2D eigenvalue weighted by Crippen LogP contribution is -2.44. The first-order valence-corrected chi connectivity index (χ1v) is 11.7. The number of likely N-dealkylation sites (tertiary alicyclic amines) is 1. The predicted molar refractivity (Wildman–Crippen MR) is 126 cm³/mol. The number of nitrogens with zero attached hydrogens (tertiary/aromatic N) is 3. The van der Waals surface area contributed by atoms with Crippen molar-refractivity contribution >= 4 is 40.6 Å². The average Bonchev–Trinajstić information content (AvgIpc) is 3.29. The second-order valence-electron chi connectivity index (χ2n) is 7.84. The highest BCUT2D eigenvalue weighted by molar-refractivity contribution is 7.13. The number of rotatable bonds is 5. The maximum absolute atomic E-state index is 12.7. The smallest absolute Gasteiger partial charge is 0.317 e. The molecule has 0 unspecified atom stereocenters. The topological polar surface area (TPSA) is 87.2 Å². The van der Waals surface area contributed by atoms with Gasteiger partial charge in [0.15, 0.2) is 0 Å². The summed E-state index contributed by atoms with van der Waals surface area (Å²) in [6.45, 7) is 3.80. The first-order valence-electron chi connectivity index (χ1n) is 10.5. The van der Waals surface area contributed by atoms with Gasteiger partial charge in [-0.05, 0) is 43.5 Å². The van der Waals surface area contributed by atoms with Crippen molar-refractivity contribution in [3.8, 4) is 0 Å². The van der Waals surface area contributed by atoms with Gasteiger partial charge < -0.3 is 15.5 Å². The van der Waals surface area contributed by atoms with Gasteiger partial charge in [-0.1, -0.05) is 58.8 Å². The van der Waals surface area contributed by atoms with Crippen molar-refractivity contribution in [3.63, 3.8) is 0 Å². The van der Waals surface area contributed by atoms with Gasteiger partial charge in [0.05, 0.1) is 0 Å². The number of urea groups is 1. The lowest BCUT2D eigenvalue weighted by atomic mass is 9.99. The number of benzene rings is 2. The summed E-state index contributed by atoms with van der Waals surface area (Å²) in [6.07, 6.45) is 1.79. The average molecular weight is 470 g/mol. The SMILES string of the molecule is Cc1ccc(CNC(=O)N2CCC[C@@H](c3nnc(C(=O)Nc4cccc(Cl)c4)s3)C2)cc1. The number of carbonyl (C=O) groups excluding carboxylic acids is 2. The molecular weight excluding hydrogens is 446 g/mol. The molecular formula is C23H24ClN5O2S. The van der Waals surface area contributed by atoms with Crippen LogP contribution >= 0.6 is 22.9 Å². The molecule has 2 heterocycles. The molecule has 3 amide bonds. The molecule has 32 heavy (non-hydrogen) atoms. The molecule has 2 aromatic carbocycles. The summed E-state index contributed by atoms with van der Waals surface area (Å²) < 4.78 is 0. The summed E-state index contributed by atoms with van der Waals surface area (Å²) in [6, 6.07) is 15.0. The van der Waals surface area contributed by atoms with E-state index in [9.17, 15) is 9.59 Å². The van der Waals surface area contributed by atoms with Crippen LogP contribution in [0.2, 0.25) is 5.02 Å². The Morgan fingerprint density at radius 1 is 1.19 bits per heavy atom. The lowest BCUT2D eigenvalue weighted by Gasteiger charge is -2.31. The van der Waals surface area contributed by atoms with Crippen LogP contribution in [0.25, 0.3) is 0 Å². The Kier molecular flexibility index (Phi) is 7.02. The molecule has 0 aliphatic carbocycles.